The van der Waals surface area contributed by atoms with Crippen LogP contribution in [0, 0.1) is 0 Å². The van der Waals surface area contributed by atoms with Crippen LogP contribution in [-0.2, 0) is 16.0 Å². The standard InChI is InChI=1S/C19H20N4O4/c24-16-5-2-1-4-13(16)8-18(25)22-10-15-9-14(22)11-23(15)19(26)12-27-17-6-3-7-20-21-17/h1-7,14-15,24H,8-12H2/t14-,15-/m0/s1. The number of phenols is 1. The normalized spacial score (nSPS) is 20.7. The van der Waals surface area contributed by atoms with Crippen LogP contribution in [0.5, 0.6) is 11.6 Å². The molecule has 1 N–H and O–H groups in total. The van der Waals surface area contributed by atoms with Crippen molar-refractivity contribution in [3.63, 3.8) is 0 Å². The minimum atomic E-state index is -0.110. The van der Waals surface area contributed by atoms with Crippen LogP contribution in [0.15, 0.2) is 42.6 Å². The summed E-state index contributed by atoms with van der Waals surface area (Å²) in [7, 11) is 0. The molecule has 2 aromatic rings. The second-order valence-corrected chi connectivity index (χ2v) is 6.79. The molecule has 8 heteroatoms. The van der Waals surface area contributed by atoms with Gasteiger partial charge < -0.3 is 19.6 Å². The van der Waals surface area contributed by atoms with Gasteiger partial charge in [0.15, 0.2) is 6.61 Å². The topological polar surface area (TPSA) is 95.9 Å². The molecular weight excluding hydrogens is 348 g/mol. The number of hydrogen-bond acceptors (Lipinski definition) is 6. The van der Waals surface area contributed by atoms with Crippen LogP contribution in [-0.4, -0.2) is 68.7 Å². The number of piperazine rings is 1. The highest BCUT2D eigenvalue weighted by Gasteiger charge is 2.46. The van der Waals surface area contributed by atoms with Gasteiger partial charge in [0.1, 0.15) is 5.75 Å². The maximum Gasteiger partial charge on any atom is 0.260 e. The summed E-state index contributed by atoms with van der Waals surface area (Å²) in [6, 6.07) is 10.2. The lowest BCUT2D eigenvalue weighted by Gasteiger charge is -2.34. The Balaban J connectivity index is 1.31. The predicted molar refractivity (Wildman–Crippen MR) is 95.0 cm³/mol. The average molecular weight is 368 g/mol. The summed E-state index contributed by atoms with van der Waals surface area (Å²) in [5, 5.41) is 17.4. The van der Waals surface area contributed by atoms with Gasteiger partial charge in [0.25, 0.3) is 5.91 Å². The van der Waals surface area contributed by atoms with Crippen molar-refractivity contribution in [1.29, 1.82) is 0 Å². The molecule has 0 aliphatic carbocycles. The molecule has 1 aromatic carbocycles. The first-order valence-corrected chi connectivity index (χ1v) is 8.88. The molecule has 2 fully saturated rings. The highest BCUT2D eigenvalue weighted by Crippen LogP contribution is 2.31. The highest BCUT2D eigenvalue weighted by molar-refractivity contribution is 5.82. The first kappa shape index (κ1) is 17.3. The van der Waals surface area contributed by atoms with E-state index in [1.165, 1.54) is 6.20 Å². The number of carbonyl (C=O) groups is 2. The zero-order valence-corrected chi connectivity index (χ0v) is 14.7. The zero-order chi connectivity index (χ0) is 18.8. The van der Waals surface area contributed by atoms with Gasteiger partial charge in [0.2, 0.25) is 11.8 Å². The molecule has 0 radical (unpaired) electrons. The van der Waals surface area contributed by atoms with E-state index in [1.807, 2.05) is 4.90 Å². The fourth-order valence-corrected chi connectivity index (χ4v) is 3.79. The first-order valence-electron chi connectivity index (χ1n) is 8.88. The molecule has 2 bridgehead atoms. The Morgan fingerprint density at radius 3 is 2.48 bits per heavy atom. The van der Waals surface area contributed by atoms with Crippen LogP contribution in [0.3, 0.4) is 0 Å². The highest BCUT2D eigenvalue weighted by atomic mass is 16.5. The number of benzene rings is 1. The van der Waals surface area contributed by atoms with Gasteiger partial charge in [-0.05, 0) is 18.6 Å². The fraction of sp³-hybridized carbons (Fsp3) is 0.368. The average Bonchev–Trinajstić information content (AvgIpc) is 3.30. The number of amides is 2. The van der Waals surface area contributed by atoms with E-state index in [0.717, 1.165) is 6.42 Å². The van der Waals surface area contributed by atoms with E-state index >= 15 is 0 Å². The van der Waals surface area contributed by atoms with E-state index in [1.54, 1.807) is 41.3 Å². The largest absolute Gasteiger partial charge is 0.508 e. The number of fused-ring (bicyclic) bond motifs is 2. The van der Waals surface area contributed by atoms with Crippen LogP contribution in [0.25, 0.3) is 0 Å². The Kier molecular flexibility index (Phi) is 4.62. The van der Waals surface area contributed by atoms with Crippen molar-refractivity contribution >= 4 is 11.8 Å². The maximum absolute atomic E-state index is 12.6. The van der Waals surface area contributed by atoms with E-state index in [4.69, 9.17) is 4.74 Å². The molecule has 1 aromatic heterocycles. The van der Waals surface area contributed by atoms with Crippen LogP contribution >= 0.6 is 0 Å². The third-order valence-corrected chi connectivity index (χ3v) is 5.11. The van der Waals surface area contributed by atoms with Crippen molar-refractivity contribution in [1.82, 2.24) is 20.0 Å². The van der Waals surface area contributed by atoms with E-state index in [9.17, 15) is 14.7 Å². The van der Waals surface area contributed by atoms with Gasteiger partial charge in [-0.25, -0.2) is 0 Å². The van der Waals surface area contributed by atoms with Gasteiger partial charge in [-0.2, -0.15) is 5.10 Å². The van der Waals surface area contributed by atoms with Crippen LogP contribution in [0.4, 0.5) is 0 Å². The molecule has 2 aliphatic rings. The summed E-state index contributed by atoms with van der Waals surface area (Å²) in [6.45, 7) is 0.946. The lowest BCUT2D eigenvalue weighted by molar-refractivity contribution is -0.140. The molecule has 27 heavy (non-hydrogen) atoms. The molecule has 0 spiro atoms. The molecule has 2 atom stereocenters. The van der Waals surface area contributed by atoms with Crippen LogP contribution < -0.4 is 4.74 Å². The maximum atomic E-state index is 12.6. The number of rotatable bonds is 5. The Morgan fingerprint density at radius 1 is 1.07 bits per heavy atom. The van der Waals surface area contributed by atoms with E-state index in [2.05, 4.69) is 10.2 Å². The van der Waals surface area contributed by atoms with Gasteiger partial charge >= 0.3 is 0 Å². The van der Waals surface area contributed by atoms with Crippen molar-refractivity contribution in [3.05, 3.63) is 48.2 Å². The number of aromatic nitrogens is 2. The molecule has 2 amide bonds. The van der Waals surface area contributed by atoms with Gasteiger partial charge in [-0.3, -0.25) is 9.59 Å². The SMILES string of the molecule is O=C(COc1cccnn1)N1C[C@@H]2C[C@H]1CN2C(=O)Cc1ccccc1O. The van der Waals surface area contributed by atoms with Crippen molar-refractivity contribution in [3.8, 4) is 11.6 Å². The summed E-state index contributed by atoms with van der Waals surface area (Å²) in [5.74, 6) is 0.315. The van der Waals surface area contributed by atoms with Crippen molar-refractivity contribution < 1.29 is 19.4 Å². The third-order valence-electron chi connectivity index (χ3n) is 5.11. The molecule has 0 saturated carbocycles. The van der Waals surface area contributed by atoms with Crippen molar-refractivity contribution in [2.75, 3.05) is 19.7 Å². The smallest absolute Gasteiger partial charge is 0.260 e. The summed E-state index contributed by atoms with van der Waals surface area (Å²) in [5.41, 5.74) is 0.621. The number of carbonyl (C=O) groups excluding carboxylic acids is 2. The minimum Gasteiger partial charge on any atom is -0.508 e. The van der Waals surface area contributed by atoms with Crippen LogP contribution in [0.1, 0.15) is 12.0 Å². The Hall–Kier alpha value is -3.16. The Labute approximate surface area is 156 Å². The molecule has 2 aliphatic heterocycles. The quantitative estimate of drug-likeness (QED) is 0.831. The number of likely N-dealkylation sites (tertiary alicyclic amines) is 2. The number of aromatic hydroxyl groups is 1. The van der Waals surface area contributed by atoms with Gasteiger partial charge in [-0.15, -0.1) is 5.10 Å². The second kappa shape index (κ2) is 7.22. The monoisotopic (exact) mass is 368 g/mol. The number of hydrogen-bond donors (Lipinski definition) is 1. The van der Waals surface area contributed by atoms with E-state index < -0.39 is 0 Å². The van der Waals surface area contributed by atoms with Gasteiger partial charge in [0, 0.05) is 30.9 Å². The number of phenolic OH excluding ortho intramolecular Hbond substituents is 1. The zero-order valence-electron chi connectivity index (χ0n) is 14.7. The second-order valence-electron chi connectivity index (χ2n) is 6.79. The lowest BCUT2D eigenvalue weighted by Crippen LogP contribution is -2.52. The molecule has 4 rings (SSSR count). The molecule has 140 valence electrons. The molecule has 8 nitrogen and oxygen atoms in total. The molecule has 3 heterocycles. The van der Waals surface area contributed by atoms with Crippen molar-refractivity contribution in [2.24, 2.45) is 0 Å². The van der Waals surface area contributed by atoms with E-state index in [0.29, 0.717) is 24.5 Å². The summed E-state index contributed by atoms with van der Waals surface area (Å²) in [6.07, 6.45) is 2.48. The van der Waals surface area contributed by atoms with Crippen molar-refractivity contribution in [2.45, 2.75) is 24.9 Å². The number of ether oxygens (including phenoxy) is 1. The van der Waals surface area contributed by atoms with Gasteiger partial charge in [0.05, 0.1) is 18.5 Å². The fourth-order valence-electron chi connectivity index (χ4n) is 3.79. The summed E-state index contributed by atoms with van der Waals surface area (Å²) < 4.78 is 5.38. The first-order chi connectivity index (χ1) is 13.1. The summed E-state index contributed by atoms with van der Waals surface area (Å²) >= 11 is 0. The lowest BCUT2D eigenvalue weighted by atomic mass is 10.1. The molecule has 2 saturated heterocycles. The summed E-state index contributed by atoms with van der Waals surface area (Å²) in [4.78, 5) is 28.7. The predicted octanol–water partition coefficient (Wildman–Crippen LogP) is 0.615. The third kappa shape index (κ3) is 3.55. The number of para-hydroxylation sites is 1. The Morgan fingerprint density at radius 2 is 1.81 bits per heavy atom. The van der Waals surface area contributed by atoms with Crippen LogP contribution in [0.2, 0.25) is 0 Å². The molecular formula is C19H20N4O4. The Bertz CT molecular complexity index is 845. The number of nitrogens with zero attached hydrogens (tertiary/aromatic N) is 4. The van der Waals surface area contributed by atoms with Gasteiger partial charge in [-0.1, -0.05) is 18.2 Å². The molecule has 0 unspecified atom stereocenters. The van der Waals surface area contributed by atoms with E-state index in [-0.39, 0.29) is 42.7 Å². The minimum absolute atomic E-state index is 0.0151.